The molecule has 0 bridgehead atoms. The van der Waals surface area contributed by atoms with Crippen LogP contribution in [0.2, 0.25) is 0 Å². The molecule has 3 aliphatic rings. The quantitative estimate of drug-likeness (QED) is 0.574. The standard InChI is InChI=1S/C24H38N6O/c1-20(23(31)28-11-6-7-12-28)27-14-16-29(17-15-27)24(25-2)26-18-21-10-13-30(19-21)22-8-4-3-5-9-22/h3-5,8-9,20-21H,6-7,10-19H2,1-2H3,(H,25,26). The molecule has 2 unspecified atom stereocenters. The van der Waals surface area contributed by atoms with Gasteiger partial charge in [0.1, 0.15) is 0 Å². The minimum absolute atomic E-state index is 0.0160. The Balaban J connectivity index is 1.21. The number of nitrogens with zero attached hydrogens (tertiary/aromatic N) is 5. The minimum atomic E-state index is -0.0160. The summed E-state index contributed by atoms with van der Waals surface area (Å²) in [4.78, 5) is 26.5. The van der Waals surface area contributed by atoms with Crippen LogP contribution >= 0.6 is 0 Å². The number of aliphatic imine (C=N–C) groups is 1. The van der Waals surface area contributed by atoms with Crippen LogP contribution in [-0.2, 0) is 4.79 Å². The van der Waals surface area contributed by atoms with E-state index in [9.17, 15) is 4.79 Å². The average Bonchev–Trinajstić information content (AvgIpc) is 3.52. The van der Waals surface area contributed by atoms with Gasteiger partial charge in [0, 0.05) is 71.6 Å². The molecular weight excluding hydrogens is 388 g/mol. The zero-order valence-electron chi connectivity index (χ0n) is 19.2. The fourth-order valence-electron chi connectivity index (χ4n) is 5.12. The number of amides is 1. The van der Waals surface area contributed by atoms with Crippen molar-refractivity contribution in [3.63, 3.8) is 0 Å². The Bertz CT molecular complexity index is 740. The van der Waals surface area contributed by atoms with Crippen LogP contribution in [-0.4, -0.2) is 98.6 Å². The summed E-state index contributed by atoms with van der Waals surface area (Å²) >= 11 is 0. The maximum absolute atomic E-state index is 12.7. The number of piperazine rings is 1. The number of anilines is 1. The Hall–Kier alpha value is -2.28. The van der Waals surface area contributed by atoms with Crippen LogP contribution in [0.1, 0.15) is 26.2 Å². The lowest BCUT2D eigenvalue weighted by atomic mass is 10.1. The monoisotopic (exact) mass is 426 g/mol. The van der Waals surface area contributed by atoms with Gasteiger partial charge in [-0.25, -0.2) is 0 Å². The molecular formula is C24H38N6O. The summed E-state index contributed by atoms with van der Waals surface area (Å²) in [5.41, 5.74) is 1.32. The van der Waals surface area contributed by atoms with E-state index in [2.05, 4.69) is 62.3 Å². The molecule has 0 aliphatic carbocycles. The van der Waals surface area contributed by atoms with Gasteiger partial charge in [0.05, 0.1) is 6.04 Å². The average molecular weight is 427 g/mol. The Morgan fingerprint density at radius 1 is 1.03 bits per heavy atom. The van der Waals surface area contributed by atoms with Gasteiger partial charge in [-0.05, 0) is 44.2 Å². The predicted molar refractivity (Wildman–Crippen MR) is 127 cm³/mol. The number of nitrogens with one attached hydrogen (secondary N) is 1. The number of carbonyl (C=O) groups excluding carboxylic acids is 1. The van der Waals surface area contributed by atoms with Crippen molar-refractivity contribution in [2.24, 2.45) is 10.9 Å². The van der Waals surface area contributed by atoms with E-state index < -0.39 is 0 Å². The minimum Gasteiger partial charge on any atom is -0.371 e. The van der Waals surface area contributed by atoms with Gasteiger partial charge < -0.3 is 20.0 Å². The second kappa shape index (κ2) is 10.4. The summed E-state index contributed by atoms with van der Waals surface area (Å²) in [5.74, 6) is 1.94. The van der Waals surface area contributed by atoms with E-state index >= 15 is 0 Å². The van der Waals surface area contributed by atoms with Crippen molar-refractivity contribution >= 4 is 17.6 Å². The SMILES string of the molecule is CN=C(NCC1CCN(c2ccccc2)C1)N1CCN(C(C)C(=O)N2CCCC2)CC1. The van der Waals surface area contributed by atoms with Crippen LogP contribution in [0.3, 0.4) is 0 Å². The molecule has 31 heavy (non-hydrogen) atoms. The van der Waals surface area contributed by atoms with Gasteiger partial charge in [-0.1, -0.05) is 18.2 Å². The van der Waals surface area contributed by atoms with Gasteiger partial charge in [-0.2, -0.15) is 0 Å². The van der Waals surface area contributed by atoms with Crippen LogP contribution in [0, 0.1) is 5.92 Å². The Labute approximate surface area is 187 Å². The predicted octanol–water partition coefficient (Wildman–Crippen LogP) is 1.72. The van der Waals surface area contributed by atoms with Crippen LogP contribution < -0.4 is 10.2 Å². The number of benzene rings is 1. The van der Waals surface area contributed by atoms with Gasteiger partial charge in [0.25, 0.3) is 0 Å². The van der Waals surface area contributed by atoms with Crippen molar-refractivity contribution in [1.82, 2.24) is 20.0 Å². The first-order valence-corrected chi connectivity index (χ1v) is 11.9. The molecule has 0 saturated carbocycles. The molecule has 3 aliphatic heterocycles. The van der Waals surface area contributed by atoms with Crippen molar-refractivity contribution in [3.8, 4) is 0 Å². The number of para-hydroxylation sites is 1. The fourth-order valence-corrected chi connectivity index (χ4v) is 5.12. The molecule has 0 aromatic heterocycles. The smallest absolute Gasteiger partial charge is 0.239 e. The molecule has 1 aromatic carbocycles. The van der Waals surface area contributed by atoms with Crippen molar-refractivity contribution in [2.75, 3.05) is 70.9 Å². The van der Waals surface area contributed by atoms with Crippen molar-refractivity contribution < 1.29 is 4.79 Å². The molecule has 1 aromatic rings. The Kier molecular flexibility index (Phi) is 7.33. The third-order valence-electron chi connectivity index (χ3n) is 7.10. The highest BCUT2D eigenvalue weighted by Gasteiger charge is 2.31. The molecule has 0 spiro atoms. The summed E-state index contributed by atoms with van der Waals surface area (Å²) in [6.07, 6.45) is 3.51. The zero-order chi connectivity index (χ0) is 21.6. The number of likely N-dealkylation sites (tertiary alicyclic amines) is 1. The van der Waals surface area contributed by atoms with E-state index in [-0.39, 0.29) is 6.04 Å². The van der Waals surface area contributed by atoms with Crippen molar-refractivity contribution in [3.05, 3.63) is 30.3 Å². The fraction of sp³-hybridized carbons (Fsp3) is 0.667. The molecule has 1 amide bonds. The molecule has 0 radical (unpaired) electrons. The summed E-state index contributed by atoms with van der Waals surface area (Å²) < 4.78 is 0. The first-order valence-electron chi connectivity index (χ1n) is 11.9. The number of hydrogen-bond donors (Lipinski definition) is 1. The first-order chi connectivity index (χ1) is 15.2. The topological polar surface area (TPSA) is 54.4 Å². The van der Waals surface area contributed by atoms with Gasteiger partial charge in [0.15, 0.2) is 5.96 Å². The lowest BCUT2D eigenvalue weighted by molar-refractivity contribution is -0.135. The molecule has 3 heterocycles. The van der Waals surface area contributed by atoms with E-state index in [1.807, 2.05) is 11.9 Å². The van der Waals surface area contributed by atoms with Crippen LogP contribution in [0.4, 0.5) is 5.69 Å². The number of carbonyl (C=O) groups is 1. The normalized spacial score (nSPS) is 24.0. The molecule has 2 atom stereocenters. The summed E-state index contributed by atoms with van der Waals surface area (Å²) in [7, 11) is 1.87. The maximum Gasteiger partial charge on any atom is 0.239 e. The molecule has 170 valence electrons. The van der Waals surface area contributed by atoms with E-state index in [4.69, 9.17) is 0 Å². The zero-order valence-corrected chi connectivity index (χ0v) is 19.2. The van der Waals surface area contributed by atoms with E-state index in [0.29, 0.717) is 11.8 Å². The lowest BCUT2D eigenvalue weighted by Crippen LogP contribution is -2.57. The van der Waals surface area contributed by atoms with Crippen LogP contribution in [0.15, 0.2) is 35.3 Å². The highest BCUT2D eigenvalue weighted by Crippen LogP contribution is 2.23. The van der Waals surface area contributed by atoms with Gasteiger partial charge in [-0.3, -0.25) is 14.7 Å². The first kappa shape index (κ1) is 21.9. The molecule has 7 heteroatoms. The number of rotatable bonds is 5. The maximum atomic E-state index is 12.7. The van der Waals surface area contributed by atoms with Crippen LogP contribution in [0.5, 0.6) is 0 Å². The van der Waals surface area contributed by atoms with Gasteiger partial charge >= 0.3 is 0 Å². The number of hydrogen-bond acceptors (Lipinski definition) is 4. The van der Waals surface area contributed by atoms with Crippen molar-refractivity contribution in [1.29, 1.82) is 0 Å². The third kappa shape index (κ3) is 5.32. The second-order valence-electron chi connectivity index (χ2n) is 9.10. The molecule has 7 nitrogen and oxygen atoms in total. The Morgan fingerprint density at radius 3 is 2.42 bits per heavy atom. The van der Waals surface area contributed by atoms with Crippen LogP contribution in [0.25, 0.3) is 0 Å². The van der Waals surface area contributed by atoms with E-state index in [1.165, 1.54) is 12.1 Å². The van der Waals surface area contributed by atoms with Crippen molar-refractivity contribution in [2.45, 2.75) is 32.2 Å². The lowest BCUT2D eigenvalue weighted by Gasteiger charge is -2.39. The number of guanidine groups is 1. The van der Waals surface area contributed by atoms with Gasteiger partial charge in [0.2, 0.25) is 5.91 Å². The van der Waals surface area contributed by atoms with Gasteiger partial charge in [-0.15, -0.1) is 0 Å². The molecule has 3 fully saturated rings. The summed E-state index contributed by atoms with van der Waals surface area (Å²) in [6.45, 7) is 10.8. The van der Waals surface area contributed by atoms with E-state index in [1.54, 1.807) is 0 Å². The third-order valence-corrected chi connectivity index (χ3v) is 7.10. The highest BCUT2D eigenvalue weighted by molar-refractivity contribution is 5.82. The largest absolute Gasteiger partial charge is 0.371 e. The van der Waals surface area contributed by atoms with E-state index in [0.717, 1.165) is 77.7 Å². The highest BCUT2D eigenvalue weighted by atomic mass is 16.2. The molecule has 1 N–H and O–H groups in total. The molecule has 3 saturated heterocycles. The summed E-state index contributed by atoms with van der Waals surface area (Å²) in [6, 6.07) is 10.7. The summed E-state index contributed by atoms with van der Waals surface area (Å²) in [5, 5.41) is 3.62. The second-order valence-corrected chi connectivity index (χ2v) is 9.10. The Morgan fingerprint density at radius 2 is 1.74 bits per heavy atom. The molecule has 4 rings (SSSR count).